The van der Waals surface area contributed by atoms with E-state index in [1.165, 1.54) is 12.1 Å². The zero-order chi connectivity index (χ0) is 19.9. The molecule has 0 unspecified atom stereocenters. The van der Waals surface area contributed by atoms with Crippen molar-refractivity contribution in [1.29, 1.82) is 0 Å². The molecule has 0 amide bonds. The van der Waals surface area contributed by atoms with Gasteiger partial charge in [-0.25, -0.2) is 0 Å². The van der Waals surface area contributed by atoms with Crippen molar-refractivity contribution in [3.8, 4) is 5.75 Å². The Morgan fingerprint density at radius 3 is 2.44 bits per heavy atom. The molecule has 0 bridgehead atoms. The highest BCUT2D eigenvalue weighted by molar-refractivity contribution is 5.39. The van der Waals surface area contributed by atoms with Crippen molar-refractivity contribution in [3.05, 3.63) is 29.3 Å². The van der Waals surface area contributed by atoms with Crippen molar-refractivity contribution in [1.82, 2.24) is 0 Å². The number of unbranched alkanes of at least 4 members (excludes halogenated alkanes) is 3. The number of halogens is 3. The summed E-state index contributed by atoms with van der Waals surface area (Å²) in [4.78, 5) is 0. The van der Waals surface area contributed by atoms with Crippen LogP contribution in [0.5, 0.6) is 5.75 Å². The minimum atomic E-state index is -4.42. The highest BCUT2D eigenvalue weighted by atomic mass is 19.4. The summed E-state index contributed by atoms with van der Waals surface area (Å²) in [5.74, 6) is -0.452. The molecule has 0 atom stereocenters. The van der Waals surface area contributed by atoms with E-state index in [2.05, 4.69) is 6.92 Å². The van der Waals surface area contributed by atoms with Crippen LogP contribution in [0.2, 0.25) is 0 Å². The molecular formula is C21H31F3O3. The summed E-state index contributed by atoms with van der Waals surface area (Å²) in [5, 5.41) is 0. The van der Waals surface area contributed by atoms with Gasteiger partial charge in [0.1, 0.15) is 5.75 Å². The molecule has 6 heteroatoms. The summed E-state index contributed by atoms with van der Waals surface area (Å²) in [6.07, 6.45) is 0.749. The fourth-order valence-corrected chi connectivity index (χ4v) is 3.06. The Bertz CT molecular complexity index is 575. The molecule has 3 nitrogen and oxygen atoms in total. The predicted molar refractivity (Wildman–Crippen MR) is 98.9 cm³/mol. The van der Waals surface area contributed by atoms with E-state index in [0.717, 1.165) is 32.1 Å². The van der Waals surface area contributed by atoms with E-state index in [9.17, 15) is 13.2 Å². The Balaban J connectivity index is 1.93. The van der Waals surface area contributed by atoms with Crippen LogP contribution in [0, 0.1) is 5.92 Å². The monoisotopic (exact) mass is 388 g/mol. The Labute approximate surface area is 160 Å². The number of hydrogen-bond donors (Lipinski definition) is 0. The van der Waals surface area contributed by atoms with Gasteiger partial charge < -0.3 is 14.2 Å². The molecule has 0 N–H and O–H groups in total. The minimum absolute atomic E-state index is 0.0752. The molecule has 1 aliphatic heterocycles. The van der Waals surface area contributed by atoms with Crippen LogP contribution in [0.3, 0.4) is 0 Å². The van der Waals surface area contributed by atoms with E-state index >= 15 is 0 Å². The molecule has 1 aliphatic rings. The van der Waals surface area contributed by atoms with E-state index in [1.54, 1.807) is 6.07 Å². The van der Waals surface area contributed by atoms with Crippen molar-refractivity contribution in [3.63, 3.8) is 0 Å². The Morgan fingerprint density at radius 1 is 1.11 bits per heavy atom. The summed E-state index contributed by atoms with van der Waals surface area (Å²) in [5.41, 5.74) is -0.0294. The van der Waals surface area contributed by atoms with Gasteiger partial charge >= 0.3 is 6.18 Å². The van der Waals surface area contributed by atoms with E-state index < -0.39 is 17.5 Å². The molecule has 27 heavy (non-hydrogen) atoms. The number of aryl methyl sites for hydroxylation is 1. The van der Waals surface area contributed by atoms with Crippen molar-refractivity contribution < 1.29 is 27.4 Å². The number of rotatable bonds is 9. The van der Waals surface area contributed by atoms with Gasteiger partial charge in [0.2, 0.25) is 0 Å². The molecule has 1 aromatic rings. The van der Waals surface area contributed by atoms with Crippen LogP contribution in [0.4, 0.5) is 13.2 Å². The zero-order valence-corrected chi connectivity index (χ0v) is 16.5. The van der Waals surface area contributed by atoms with Gasteiger partial charge in [-0.2, -0.15) is 13.2 Å². The standard InChI is InChI=1S/C21H31F3O3/c1-4-5-6-7-12-25-19-11-10-16(13-18(19)21(22,23)24)8-9-17-14-26-20(2,3)27-15-17/h10-11,13,17H,4-9,12,14-15H2,1-3H3. The van der Waals surface area contributed by atoms with Crippen LogP contribution in [0.25, 0.3) is 0 Å². The first-order valence-corrected chi connectivity index (χ1v) is 9.82. The van der Waals surface area contributed by atoms with Crippen LogP contribution in [0.15, 0.2) is 18.2 Å². The number of alkyl halides is 3. The second-order valence-electron chi connectivity index (χ2n) is 7.66. The highest BCUT2D eigenvalue weighted by Crippen LogP contribution is 2.37. The average Bonchev–Trinajstić information content (AvgIpc) is 2.60. The van der Waals surface area contributed by atoms with Crippen LogP contribution in [-0.4, -0.2) is 25.6 Å². The van der Waals surface area contributed by atoms with Crippen molar-refractivity contribution in [2.45, 2.75) is 71.3 Å². The predicted octanol–water partition coefficient (Wildman–Crippen LogP) is 6.00. The summed E-state index contributed by atoms with van der Waals surface area (Å²) in [6, 6.07) is 4.40. The fraction of sp³-hybridized carbons (Fsp3) is 0.714. The van der Waals surface area contributed by atoms with Gasteiger partial charge in [-0.15, -0.1) is 0 Å². The third kappa shape index (κ3) is 7.34. The smallest absolute Gasteiger partial charge is 0.419 e. The molecule has 154 valence electrons. The Kier molecular flexibility index (Phi) is 7.98. The molecular weight excluding hydrogens is 357 g/mol. The van der Waals surface area contributed by atoms with Gasteiger partial charge in [-0.3, -0.25) is 0 Å². The first-order chi connectivity index (χ1) is 12.7. The lowest BCUT2D eigenvalue weighted by atomic mass is 9.98. The minimum Gasteiger partial charge on any atom is -0.493 e. The maximum atomic E-state index is 13.4. The van der Waals surface area contributed by atoms with E-state index in [0.29, 0.717) is 31.8 Å². The molecule has 0 radical (unpaired) electrons. The van der Waals surface area contributed by atoms with Gasteiger partial charge in [0.25, 0.3) is 0 Å². The van der Waals surface area contributed by atoms with Crippen molar-refractivity contribution in [2.24, 2.45) is 5.92 Å². The summed E-state index contributed by atoms with van der Waals surface area (Å²) in [6.45, 7) is 7.26. The summed E-state index contributed by atoms with van der Waals surface area (Å²) in [7, 11) is 0. The van der Waals surface area contributed by atoms with E-state index in [1.807, 2.05) is 13.8 Å². The lowest BCUT2D eigenvalue weighted by Crippen LogP contribution is -2.39. The zero-order valence-electron chi connectivity index (χ0n) is 16.5. The van der Waals surface area contributed by atoms with Gasteiger partial charge in [0.15, 0.2) is 5.79 Å². The van der Waals surface area contributed by atoms with Crippen molar-refractivity contribution in [2.75, 3.05) is 19.8 Å². The van der Waals surface area contributed by atoms with E-state index in [4.69, 9.17) is 14.2 Å². The lowest BCUT2D eigenvalue weighted by molar-refractivity contribution is -0.262. The fourth-order valence-electron chi connectivity index (χ4n) is 3.06. The lowest BCUT2D eigenvalue weighted by Gasteiger charge is -2.35. The summed E-state index contributed by atoms with van der Waals surface area (Å²) < 4.78 is 56.9. The van der Waals surface area contributed by atoms with Crippen LogP contribution >= 0.6 is 0 Å². The van der Waals surface area contributed by atoms with Gasteiger partial charge in [0, 0.05) is 5.92 Å². The molecule has 1 saturated heterocycles. The number of benzene rings is 1. The van der Waals surface area contributed by atoms with Crippen LogP contribution in [-0.2, 0) is 22.1 Å². The molecule has 2 rings (SSSR count). The normalized spacial score (nSPS) is 17.9. The molecule has 1 heterocycles. The molecule has 0 aliphatic carbocycles. The topological polar surface area (TPSA) is 27.7 Å². The van der Waals surface area contributed by atoms with Gasteiger partial charge in [0.05, 0.1) is 25.4 Å². The first-order valence-electron chi connectivity index (χ1n) is 9.82. The SMILES string of the molecule is CCCCCCOc1ccc(CCC2COC(C)(C)OC2)cc1C(F)(F)F. The van der Waals surface area contributed by atoms with E-state index in [-0.39, 0.29) is 11.7 Å². The average molecular weight is 388 g/mol. The summed E-state index contributed by atoms with van der Waals surface area (Å²) >= 11 is 0. The van der Waals surface area contributed by atoms with Crippen LogP contribution < -0.4 is 4.74 Å². The first kappa shape index (κ1) is 22.0. The number of hydrogen-bond acceptors (Lipinski definition) is 3. The maximum absolute atomic E-state index is 13.4. The van der Waals surface area contributed by atoms with Crippen LogP contribution in [0.1, 0.15) is 64.0 Å². The van der Waals surface area contributed by atoms with Gasteiger partial charge in [-0.05, 0) is 50.8 Å². The molecule has 1 aromatic carbocycles. The third-order valence-electron chi connectivity index (χ3n) is 4.78. The Morgan fingerprint density at radius 2 is 1.81 bits per heavy atom. The quantitative estimate of drug-likeness (QED) is 0.486. The second-order valence-corrected chi connectivity index (χ2v) is 7.66. The maximum Gasteiger partial charge on any atom is 0.419 e. The second kappa shape index (κ2) is 9.78. The number of ether oxygens (including phenoxy) is 3. The Hall–Kier alpha value is -1.27. The van der Waals surface area contributed by atoms with Crippen molar-refractivity contribution >= 4 is 0 Å². The third-order valence-corrected chi connectivity index (χ3v) is 4.78. The molecule has 0 spiro atoms. The molecule has 0 saturated carbocycles. The largest absolute Gasteiger partial charge is 0.493 e. The molecule has 0 aromatic heterocycles. The van der Waals surface area contributed by atoms with Gasteiger partial charge in [-0.1, -0.05) is 32.3 Å². The highest BCUT2D eigenvalue weighted by Gasteiger charge is 2.35. The molecule has 1 fully saturated rings.